The van der Waals surface area contributed by atoms with Crippen molar-refractivity contribution in [2.24, 2.45) is 7.05 Å². The molecule has 12 heteroatoms. The lowest BCUT2D eigenvalue weighted by atomic mass is 10.2. The summed E-state index contributed by atoms with van der Waals surface area (Å²) in [5.41, 5.74) is 2.63. The molecular formula is C23H22F4N4O4. The molecule has 2 aliphatic rings. The van der Waals surface area contributed by atoms with Crippen LogP contribution in [-0.2, 0) is 7.05 Å². The number of hydrogen-bond acceptors (Lipinski definition) is 6. The standard InChI is InChI=1S/C12H12F2N2O2.C11H10F2N2O2/c1-6(2)11-15-7-4-9-10(5-8(7)16(11)3)18-12(13,14)17-9;1-5(2)10-14-6-3-8-9(4-7(6)15-10)17-11(12,13)16-8/h4-6H,1-3H3;3-5H,1-2H3,(H,14,15). The van der Waals surface area contributed by atoms with Crippen molar-refractivity contribution in [3.05, 3.63) is 35.9 Å². The van der Waals surface area contributed by atoms with E-state index in [1.165, 1.54) is 24.3 Å². The molecule has 0 atom stereocenters. The topological polar surface area (TPSA) is 83.4 Å². The van der Waals surface area contributed by atoms with Crippen molar-refractivity contribution in [1.29, 1.82) is 0 Å². The van der Waals surface area contributed by atoms with Gasteiger partial charge in [-0.25, -0.2) is 9.97 Å². The third-order valence-electron chi connectivity index (χ3n) is 5.52. The Hall–Kier alpha value is -3.70. The Kier molecular flexibility index (Phi) is 5.04. The van der Waals surface area contributed by atoms with Crippen LogP contribution in [0.2, 0.25) is 0 Å². The molecular weight excluding hydrogens is 472 g/mol. The van der Waals surface area contributed by atoms with Crippen molar-refractivity contribution >= 4 is 22.1 Å². The van der Waals surface area contributed by atoms with E-state index in [1.54, 1.807) is 0 Å². The maximum absolute atomic E-state index is 12.9. The van der Waals surface area contributed by atoms with Crippen LogP contribution < -0.4 is 18.9 Å². The lowest BCUT2D eigenvalue weighted by Crippen LogP contribution is -2.25. The van der Waals surface area contributed by atoms with E-state index in [9.17, 15) is 17.6 Å². The third kappa shape index (κ3) is 4.17. The number of imidazole rings is 2. The Bertz CT molecular complexity index is 1400. The number of alkyl halides is 4. The van der Waals surface area contributed by atoms with Crippen LogP contribution in [0, 0.1) is 0 Å². The Labute approximate surface area is 196 Å². The molecule has 0 saturated carbocycles. The molecule has 2 aromatic carbocycles. The van der Waals surface area contributed by atoms with Gasteiger partial charge in [0.05, 0.1) is 22.1 Å². The zero-order valence-corrected chi connectivity index (χ0v) is 19.5. The van der Waals surface area contributed by atoms with E-state index in [2.05, 4.69) is 33.9 Å². The Balaban J connectivity index is 0.000000145. The highest BCUT2D eigenvalue weighted by molar-refractivity contribution is 5.81. The molecule has 8 nitrogen and oxygen atoms in total. The lowest BCUT2D eigenvalue weighted by Gasteiger charge is -2.05. The molecule has 0 aliphatic carbocycles. The van der Waals surface area contributed by atoms with E-state index >= 15 is 0 Å². The fraction of sp³-hybridized carbons (Fsp3) is 0.391. The first-order valence-corrected chi connectivity index (χ1v) is 10.9. The van der Waals surface area contributed by atoms with Crippen LogP contribution in [0.5, 0.6) is 23.0 Å². The van der Waals surface area contributed by atoms with Gasteiger partial charge in [-0.05, 0) is 0 Å². The minimum atomic E-state index is -3.58. The van der Waals surface area contributed by atoms with Gasteiger partial charge in [-0.2, -0.15) is 0 Å². The van der Waals surface area contributed by atoms with Gasteiger partial charge < -0.3 is 28.5 Å². The summed E-state index contributed by atoms with van der Waals surface area (Å²) in [5, 5.41) is 0. The van der Waals surface area contributed by atoms with Gasteiger partial charge in [-0.15, -0.1) is 17.6 Å². The van der Waals surface area contributed by atoms with Crippen molar-refractivity contribution in [2.45, 2.75) is 52.1 Å². The van der Waals surface area contributed by atoms with Gasteiger partial charge in [0.25, 0.3) is 0 Å². The average molecular weight is 494 g/mol. The number of ether oxygens (including phenoxy) is 4. The second kappa shape index (κ2) is 7.65. The van der Waals surface area contributed by atoms with Crippen LogP contribution in [0.1, 0.15) is 51.2 Å². The number of halogens is 4. The summed E-state index contributed by atoms with van der Waals surface area (Å²) in [6.07, 6.45) is -7.16. The summed E-state index contributed by atoms with van der Waals surface area (Å²) in [7, 11) is 1.85. The van der Waals surface area contributed by atoms with Crippen molar-refractivity contribution in [2.75, 3.05) is 0 Å². The molecule has 0 bridgehead atoms. The maximum Gasteiger partial charge on any atom is 0.586 e. The summed E-state index contributed by atoms with van der Waals surface area (Å²) in [5.74, 6) is 2.30. The number of fused-ring (bicyclic) bond motifs is 4. The van der Waals surface area contributed by atoms with Crippen molar-refractivity contribution in [1.82, 2.24) is 19.5 Å². The molecule has 0 radical (unpaired) electrons. The maximum atomic E-state index is 12.9. The molecule has 0 amide bonds. The average Bonchev–Trinajstić information content (AvgIpc) is 3.44. The number of aromatic amines is 1. The number of H-pyrrole nitrogens is 1. The molecule has 4 heterocycles. The summed E-state index contributed by atoms with van der Waals surface area (Å²) < 4.78 is 71.0. The van der Waals surface area contributed by atoms with Crippen LogP contribution in [0.3, 0.4) is 0 Å². The van der Waals surface area contributed by atoms with Crippen LogP contribution in [0.4, 0.5) is 17.6 Å². The number of nitrogens with zero attached hydrogens (tertiary/aromatic N) is 3. The summed E-state index contributed by atoms with van der Waals surface area (Å²) in [6.45, 7) is 8.03. The van der Waals surface area contributed by atoms with Crippen LogP contribution >= 0.6 is 0 Å². The van der Waals surface area contributed by atoms with Crippen LogP contribution in [0.25, 0.3) is 22.1 Å². The van der Waals surface area contributed by atoms with Gasteiger partial charge in [0.2, 0.25) is 0 Å². The Morgan fingerprint density at radius 3 is 1.80 bits per heavy atom. The molecule has 186 valence electrons. The normalized spacial score (nSPS) is 16.9. The molecule has 0 unspecified atom stereocenters. The van der Waals surface area contributed by atoms with Gasteiger partial charge in [0, 0.05) is 43.1 Å². The number of nitrogens with one attached hydrogen (secondary N) is 1. The first kappa shape index (κ1) is 23.1. The highest BCUT2D eigenvalue weighted by Gasteiger charge is 2.44. The van der Waals surface area contributed by atoms with Gasteiger partial charge in [0.15, 0.2) is 23.0 Å². The predicted molar refractivity (Wildman–Crippen MR) is 117 cm³/mol. The third-order valence-corrected chi connectivity index (χ3v) is 5.52. The zero-order chi connectivity index (χ0) is 25.3. The van der Waals surface area contributed by atoms with Crippen molar-refractivity contribution < 1.29 is 36.5 Å². The summed E-state index contributed by atoms with van der Waals surface area (Å²) >= 11 is 0. The number of benzene rings is 2. The Morgan fingerprint density at radius 1 is 0.743 bits per heavy atom. The van der Waals surface area contributed by atoms with Gasteiger partial charge in [-0.3, -0.25) is 0 Å². The molecule has 0 fully saturated rings. The molecule has 35 heavy (non-hydrogen) atoms. The van der Waals surface area contributed by atoms with E-state index in [4.69, 9.17) is 0 Å². The fourth-order valence-corrected chi connectivity index (χ4v) is 3.92. The first-order valence-electron chi connectivity index (χ1n) is 10.9. The SMILES string of the molecule is CC(C)c1nc2cc3c(cc2[nH]1)OC(F)(F)O3.CC(C)c1nc2cc3c(cc2n1C)OC(F)(F)O3. The van der Waals surface area contributed by atoms with E-state index in [-0.39, 0.29) is 34.8 Å². The fourth-order valence-electron chi connectivity index (χ4n) is 3.92. The van der Waals surface area contributed by atoms with E-state index in [0.717, 1.165) is 17.2 Å². The van der Waals surface area contributed by atoms with Gasteiger partial charge >= 0.3 is 12.6 Å². The molecule has 0 saturated heterocycles. The first-order chi connectivity index (χ1) is 16.3. The minimum Gasteiger partial charge on any atom is -0.395 e. The number of aryl methyl sites for hydroxylation is 1. The monoisotopic (exact) mass is 494 g/mol. The second-order valence-electron chi connectivity index (χ2n) is 8.90. The predicted octanol–water partition coefficient (Wildman–Crippen LogP) is 6.03. The van der Waals surface area contributed by atoms with Crippen molar-refractivity contribution in [3.8, 4) is 23.0 Å². The quantitative estimate of drug-likeness (QED) is 0.343. The smallest absolute Gasteiger partial charge is 0.395 e. The lowest BCUT2D eigenvalue weighted by molar-refractivity contribution is -0.287. The van der Waals surface area contributed by atoms with Gasteiger partial charge in [-0.1, -0.05) is 27.7 Å². The van der Waals surface area contributed by atoms with Crippen molar-refractivity contribution in [3.63, 3.8) is 0 Å². The second-order valence-corrected chi connectivity index (χ2v) is 8.90. The van der Waals surface area contributed by atoms with E-state index in [1.807, 2.05) is 39.3 Å². The molecule has 2 aliphatic heterocycles. The zero-order valence-electron chi connectivity index (χ0n) is 19.5. The van der Waals surface area contributed by atoms with Crippen LogP contribution in [-0.4, -0.2) is 32.1 Å². The molecule has 2 aromatic heterocycles. The molecule has 6 rings (SSSR count). The number of rotatable bonds is 2. The summed E-state index contributed by atoms with van der Waals surface area (Å²) in [4.78, 5) is 11.8. The molecule has 0 spiro atoms. The number of aromatic nitrogens is 4. The van der Waals surface area contributed by atoms with Gasteiger partial charge in [0.1, 0.15) is 11.6 Å². The minimum absolute atomic E-state index is 0.0179. The molecule has 1 N–H and O–H groups in total. The highest BCUT2D eigenvalue weighted by atomic mass is 19.3. The van der Waals surface area contributed by atoms with E-state index in [0.29, 0.717) is 16.6 Å². The number of hydrogen-bond donors (Lipinski definition) is 1. The summed E-state index contributed by atoms with van der Waals surface area (Å²) in [6, 6.07) is 5.94. The Morgan fingerprint density at radius 2 is 1.26 bits per heavy atom. The largest absolute Gasteiger partial charge is 0.586 e. The molecule has 4 aromatic rings. The van der Waals surface area contributed by atoms with Crippen LogP contribution in [0.15, 0.2) is 24.3 Å². The van der Waals surface area contributed by atoms with E-state index < -0.39 is 12.6 Å². The highest BCUT2D eigenvalue weighted by Crippen LogP contribution is 2.44.